The number of nitrogens with one attached hydrogen (secondary N) is 2. The second-order valence-electron chi connectivity index (χ2n) is 4.56. The average Bonchev–Trinajstić information content (AvgIpc) is 2.54. The third-order valence-corrected chi connectivity index (χ3v) is 3.36. The topological polar surface area (TPSA) is 72.5 Å². The maximum absolute atomic E-state index is 12.1. The number of amides is 1. The highest BCUT2D eigenvalue weighted by Crippen LogP contribution is 2.32. The monoisotopic (exact) mass is 285 g/mol. The van der Waals surface area contributed by atoms with Crippen molar-refractivity contribution >= 4 is 11.7 Å². The predicted molar refractivity (Wildman–Crippen MR) is 77.6 cm³/mol. The summed E-state index contributed by atoms with van der Waals surface area (Å²) in [5.41, 5.74) is 1.34. The third-order valence-electron chi connectivity index (χ3n) is 3.36. The normalized spacial score (nSPS) is 16.5. The van der Waals surface area contributed by atoms with E-state index in [0.29, 0.717) is 22.9 Å². The van der Waals surface area contributed by atoms with Gasteiger partial charge in [-0.25, -0.2) is 4.98 Å². The van der Waals surface area contributed by atoms with Gasteiger partial charge in [0, 0.05) is 17.8 Å². The lowest BCUT2D eigenvalue weighted by atomic mass is 10.1. The molecule has 1 aromatic carbocycles. The van der Waals surface area contributed by atoms with E-state index in [9.17, 15) is 4.79 Å². The molecule has 2 N–H and O–H groups in total. The highest BCUT2D eigenvalue weighted by Gasteiger charge is 2.27. The maximum Gasteiger partial charge on any atom is 0.256 e. The lowest BCUT2D eigenvalue weighted by molar-refractivity contribution is 0.0934. The number of hydrogen-bond donors (Lipinski definition) is 2. The molecule has 2 aromatic rings. The highest BCUT2D eigenvalue weighted by atomic mass is 16.5. The first-order valence-corrected chi connectivity index (χ1v) is 6.47. The number of benzene rings is 1. The van der Waals surface area contributed by atoms with E-state index in [1.807, 2.05) is 12.1 Å². The number of methoxy groups -OCH3 is 2. The number of aromatic nitrogens is 1. The fraction of sp³-hybridized carbons (Fsp3) is 0.200. The Morgan fingerprint density at radius 1 is 1.14 bits per heavy atom. The van der Waals surface area contributed by atoms with E-state index in [2.05, 4.69) is 15.6 Å². The lowest BCUT2D eigenvalue weighted by Crippen LogP contribution is -2.39. The van der Waals surface area contributed by atoms with Crippen molar-refractivity contribution < 1.29 is 14.3 Å². The summed E-state index contributed by atoms with van der Waals surface area (Å²) in [6.45, 7) is 0. The minimum Gasteiger partial charge on any atom is -0.497 e. The van der Waals surface area contributed by atoms with Crippen molar-refractivity contribution in [1.29, 1.82) is 0 Å². The zero-order chi connectivity index (χ0) is 14.8. The molecule has 0 bridgehead atoms. The summed E-state index contributed by atoms with van der Waals surface area (Å²) in [5, 5.41) is 6.08. The zero-order valence-electron chi connectivity index (χ0n) is 11.7. The fourth-order valence-corrected chi connectivity index (χ4v) is 2.30. The SMILES string of the molecule is COc1ccc([C@@H]2NC(=O)c3cccnc3N2)c(OC)c1. The number of rotatable bonds is 3. The van der Waals surface area contributed by atoms with E-state index >= 15 is 0 Å². The molecule has 0 saturated heterocycles. The predicted octanol–water partition coefficient (Wildman–Crippen LogP) is 1.95. The number of pyridine rings is 1. The molecule has 21 heavy (non-hydrogen) atoms. The van der Waals surface area contributed by atoms with Gasteiger partial charge in [0.15, 0.2) is 0 Å². The van der Waals surface area contributed by atoms with Crippen LogP contribution in [0.4, 0.5) is 5.82 Å². The lowest BCUT2D eigenvalue weighted by Gasteiger charge is -2.28. The Hall–Kier alpha value is -2.76. The first kappa shape index (κ1) is 13.2. The fourth-order valence-electron chi connectivity index (χ4n) is 2.30. The Morgan fingerprint density at radius 3 is 2.76 bits per heavy atom. The van der Waals surface area contributed by atoms with E-state index < -0.39 is 6.17 Å². The summed E-state index contributed by atoms with van der Waals surface area (Å²) in [5.74, 6) is 1.71. The van der Waals surface area contributed by atoms with E-state index in [4.69, 9.17) is 9.47 Å². The van der Waals surface area contributed by atoms with Crippen molar-refractivity contribution in [2.45, 2.75) is 6.17 Å². The van der Waals surface area contributed by atoms with E-state index in [0.717, 1.165) is 5.56 Å². The van der Waals surface area contributed by atoms with Gasteiger partial charge in [0.05, 0.1) is 19.8 Å². The minimum atomic E-state index is -0.402. The van der Waals surface area contributed by atoms with Gasteiger partial charge in [-0.05, 0) is 24.3 Å². The van der Waals surface area contributed by atoms with Crippen LogP contribution in [0.2, 0.25) is 0 Å². The van der Waals surface area contributed by atoms with Crippen LogP contribution in [0.5, 0.6) is 11.5 Å². The molecule has 0 spiro atoms. The second-order valence-corrected chi connectivity index (χ2v) is 4.56. The Kier molecular flexibility index (Phi) is 3.35. The Balaban J connectivity index is 1.98. The Morgan fingerprint density at radius 2 is 2.00 bits per heavy atom. The molecule has 1 aliphatic rings. The molecule has 0 aliphatic carbocycles. The van der Waals surface area contributed by atoms with E-state index in [-0.39, 0.29) is 5.91 Å². The summed E-state index contributed by atoms with van der Waals surface area (Å²) < 4.78 is 10.5. The standard InChI is InChI=1S/C15H15N3O3/c1-20-9-5-6-10(12(8-9)21-2)14-17-13-11(15(19)18-14)4-3-7-16-13/h3-8,14H,1-2H3,(H,16,17)(H,18,19)/t14-/m0/s1. The molecule has 0 saturated carbocycles. The molecule has 1 aliphatic heterocycles. The molecule has 6 nitrogen and oxygen atoms in total. The van der Waals surface area contributed by atoms with Crippen molar-refractivity contribution in [2.75, 3.05) is 19.5 Å². The largest absolute Gasteiger partial charge is 0.497 e. The number of carbonyl (C=O) groups is 1. The Bertz CT molecular complexity index is 688. The van der Waals surface area contributed by atoms with Crippen molar-refractivity contribution in [3.05, 3.63) is 47.7 Å². The zero-order valence-corrected chi connectivity index (χ0v) is 11.7. The molecule has 1 amide bonds. The van der Waals surface area contributed by atoms with Crippen LogP contribution >= 0.6 is 0 Å². The van der Waals surface area contributed by atoms with Gasteiger partial charge in [-0.1, -0.05) is 0 Å². The van der Waals surface area contributed by atoms with Crippen LogP contribution in [0.15, 0.2) is 36.5 Å². The van der Waals surface area contributed by atoms with Gasteiger partial charge < -0.3 is 20.1 Å². The summed E-state index contributed by atoms with van der Waals surface area (Å²) in [4.78, 5) is 16.3. The quantitative estimate of drug-likeness (QED) is 0.902. The number of nitrogens with zero attached hydrogens (tertiary/aromatic N) is 1. The average molecular weight is 285 g/mol. The van der Waals surface area contributed by atoms with Gasteiger partial charge in [-0.15, -0.1) is 0 Å². The van der Waals surface area contributed by atoms with E-state index in [1.54, 1.807) is 38.6 Å². The molecular formula is C15H15N3O3. The number of hydrogen-bond acceptors (Lipinski definition) is 5. The van der Waals surface area contributed by atoms with Gasteiger partial charge in [0.2, 0.25) is 0 Å². The van der Waals surface area contributed by atoms with Crippen LogP contribution in [0.3, 0.4) is 0 Å². The van der Waals surface area contributed by atoms with Crippen molar-refractivity contribution in [3.63, 3.8) is 0 Å². The molecule has 6 heteroatoms. The molecule has 1 aromatic heterocycles. The highest BCUT2D eigenvalue weighted by molar-refractivity contribution is 6.00. The number of anilines is 1. The van der Waals surface area contributed by atoms with Crippen LogP contribution in [0.25, 0.3) is 0 Å². The number of fused-ring (bicyclic) bond motifs is 1. The number of carbonyl (C=O) groups excluding carboxylic acids is 1. The van der Waals surface area contributed by atoms with Gasteiger partial charge in [0.1, 0.15) is 23.5 Å². The van der Waals surface area contributed by atoms with Gasteiger partial charge in [0.25, 0.3) is 5.91 Å². The summed E-state index contributed by atoms with van der Waals surface area (Å²) in [7, 11) is 3.17. The first-order chi connectivity index (χ1) is 10.2. The molecule has 3 rings (SSSR count). The molecule has 1 atom stereocenters. The van der Waals surface area contributed by atoms with Gasteiger partial charge >= 0.3 is 0 Å². The van der Waals surface area contributed by atoms with Crippen LogP contribution in [0, 0.1) is 0 Å². The van der Waals surface area contributed by atoms with Crippen LogP contribution in [0.1, 0.15) is 22.1 Å². The van der Waals surface area contributed by atoms with Crippen molar-refractivity contribution in [1.82, 2.24) is 10.3 Å². The smallest absolute Gasteiger partial charge is 0.256 e. The van der Waals surface area contributed by atoms with Crippen LogP contribution in [-0.2, 0) is 0 Å². The van der Waals surface area contributed by atoms with Crippen molar-refractivity contribution in [2.24, 2.45) is 0 Å². The molecular weight excluding hydrogens is 270 g/mol. The summed E-state index contributed by atoms with van der Waals surface area (Å²) in [6, 6.07) is 8.90. The third kappa shape index (κ3) is 2.35. The van der Waals surface area contributed by atoms with Crippen LogP contribution < -0.4 is 20.1 Å². The molecule has 0 fully saturated rings. The molecule has 0 radical (unpaired) electrons. The molecule has 0 unspecified atom stereocenters. The van der Waals surface area contributed by atoms with Crippen LogP contribution in [-0.4, -0.2) is 25.1 Å². The van der Waals surface area contributed by atoms with Crippen molar-refractivity contribution in [3.8, 4) is 11.5 Å². The minimum absolute atomic E-state index is 0.167. The molecule has 108 valence electrons. The van der Waals surface area contributed by atoms with Gasteiger partial charge in [-0.2, -0.15) is 0 Å². The second kappa shape index (κ2) is 5.32. The molecule has 2 heterocycles. The first-order valence-electron chi connectivity index (χ1n) is 6.47. The van der Waals surface area contributed by atoms with Gasteiger partial charge in [-0.3, -0.25) is 4.79 Å². The van der Waals surface area contributed by atoms with E-state index in [1.165, 1.54) is 0 Å². The maximum atomic E-state index is 12.1. The Labute approximate surface area is 122 Å². The summed E-state index contributed by atoms with van der Waals surface area (Å²) in [6.07, 6.45) is 1.24. The number of ether oxygens (including phenoxy) is 2. The summed E-state index contributed by atoms with van der Waals surface area (Å²) >= 11 is 0.